The number of phenols is 1. The minimum Gasteiger partial charge on any atom is -0.508 e. The first kappa shape index (κ1) is 23.3. The van der Waals surface area contributed by atoms with Crippen LogP contribution in [0.5, 0.6) is 5.75 Å². The van der Waals surface area contributed by atoms with Crippen LogP contribution in [-0.4, -0.2) is 50.4 Å². The van der Waals surface area contributed by atoms with Gasteiger partial charge in [0.25, 0.3) is 11.8 Å². The number of aromatic hydroxyl groups is 1. The molecule has 6 unspecified atom stereocenters. The third-order valence-electron chi connectivity index (χ3n) is 8.26. The number of alkyl halides is 2. The molecule has 2 aliphatic carbocycles. The van der Waals surface area contributed by atoms with E-state index in [2.05, 4.69) is 0 Å². The lowest BCUT2D eigenvalue weighted by Gasteiger charge is -2.50. The summed E-state index contributed by atoms with van der Waals surface area (Å²) in [5.41, 5.74) is 1.81. The lowest BCUT2D eigenvalue weighted by Crippen LogP contribution is -2.60. The molecule has 0 radical (unpaired) electrons. The number of rotatable bonds is 2. The Kier molecular flexibility index (Phi) is 4.95. The number of imide groups is 2. The van der Waals surface area contributed by atoms with Gasteiger partial charge in [-0.25, -0.2) is 0 Å². The molecule has 6 atom stereocenters. The highest BCUT2D eigenvalue weighted by molar-refractivity contribution is 6.53. The van der Waals surface area contributed by atoms with Crippen LogP contribution in [0.1, 0.15) is 24.3 Å². The van der Waals surface area contributed by atoms with E-state index in [4.69, 9.17) is 23.2 Å². The van der Waals surface area contributed by atoms with Crippen molar-refractivity contribution in [1.82, 2.24) is 4.90 Å². The molecule has 2 aliphatic heterocycles. The van der Waals surface area contributed by atoms with Crippen LogP contribution in [0.3, 0.4) is 0 Å². The summed E-state index contributed by atoms with van der Waals surface area (Å²) in [5.74, 6) is -4.55. The average Bonchev–Trinajstić information content (AvgIpc) is 3.20. The predicted molar refractivity (Wildman–Crippen MR) is 133 cm³/mol. The molecule has 3 fully saturated rings. The topological polar surface area (TPSA) is 95.0 Å². The van der Waals surface area contributed by atoms with Gasteiger partial charge in [0.15, 0.2) is 9.75 Å². The van der Waals surface area contributed by atoms with Crippen LogP contribution in [0.4, 0.5) is 5.69 Å². The number of para-hydroxylation sites is 1. The Morgan fingerprint density at radius 1 is 0.889 bits per heavy atom. The minimum atomic E-state index is -1.82. The van der Waals surface area contributed by atoms with Crippen molar-refractivity contribution in [2.45, 2.75) is 28.5 Å². The van der Waals surface area contributed by atoms with Gasteiger partial charge in [0.2, 0.25) is 11.8 Å². The number of likely N-dealkylation sites (tertiary alicyclic amines) is 1. The van der Waals surface area contributed by atoms with Crippen molar-refractivity contribution < 1.29 is 24.3 Å². The van der Waals surface area contributed by atoms with Crippen molar-refractivity contribution in [3.8, 4) is 5.75 Å². The Labute approximate surface area is 217 Å². The lowest BCUT2D eigenvalue weighted by molar-refractivity contribution is -0.138. The van der Waals surface area contributed by atoms with Crippen LogP contribution in [0.2, 0.25) is 0 Å². The zero-order valence-electron chi connectivity index (χ0n) is 19.2. The molecule has 0 spiro atoms. The van der Waals surface area contributed by atoms with Gasteiger partial charge in [0.05, 0.1) is 17.5 Å². The summed E-state index contributed by atoms with van der Waals surface area (Å²) in [5, 5.41) is 9.86. The van der Waals surface area contributed by atoms with Crippen LogP contribution in [-0.2, 0) is 19.2 Å². The fourth-order valence-electron chi connectivity index (χ4n) is 6.62. The molecule has 7 nitrogen and oxygen atoms in total. The first-order valence-corrected chi connectivity index (χ1v) is 12.5. The number of carbonyl (C=O) groups is 4. The maximum atomic E-state index is 13.8. The monoisotopic (exact) mass is 524 g/mol. The standard InChI is InChI=1S/C27H22Cl2N2O5/c1-30-24(35)26(28)13-19-17(21(27(26,29)25(30)36)14-7-9-16(32)10-8-14)11-12-18-20(19)23(34)31(22(18)33)15-5-3-2-4-6-15/h2-11,18-21,32H,12-13H2,1H3. The molecule has 4 aliphatic rings. The molecule has 4 amide bonds. The largest absolute Gasteiger partial charge is 0.508 e. The number of halogens is 2. The summed E-state index contributed by atoms with van der Waals surface area (Å²) in [6.07, 6.45) is 2.15. The van der Waals surface area contributed by atoms with E-state index in [1.807, 2.05) is 6.08 Å². The quantitative estimate of drug-likeness (QED) is 0.368. The summed E-state index contributed by atoms with van der Waals surface area (Å²) >= 11 is 14.2. The van der Waals surface area contributed by atoms with Gasteiger partial charge < -0.3 is 5.11 Å². The van der Waals surface area contributed by atoms with E-state index < -0.39 is 45.2 Å². The van der Waals surface area contributed by atoms with Gasteiger partial charge in [-0.05, 0) is 48.6 Å². The second-order valence-corrected chi connectivity index (χ2v) is 11.2. The van der Waals surface area contributed by atoms with E-state index in [1.54, 1.807) is 42.5 Å². The van der Waals surface area contributed by atoms with E-state index in [0.717, 1.165) is 10.5 Å². The van der Waals surface area contributed by atoms with Crippen LogP contribution in [0.25, 0.3) is 0 Å². The molecule has 9 heteroatoms. The highest BCUT2D eigenvalue weighted by atomic mass is 35.5. The van der Waals surface area contributed by atoms with Crippen molar-refractivity contribution in [2.24, 2.45) is 17.8 Å². The van der Waals surface area contributed by atoms with Crippen molar-refractivity contribution in [3.05, 3.63) is 71.8 Å². The van der Waals surface area contributed by atoms with Gasteiger partial charge in [-0.2, -0.15) is 0 Å². The zero-order valence-corrected chi connectivity index (χ0v) is 20.7. The van der Waals surface area contributed by atoms with Crippen LogP contribution in [0, 0.1) is 17.8 Å². The molecule has 0 bridgehead atoms. The van der Waals surface area contributed by atoms with Gasteiger partial charge in [-0.1, -0.05) is 42.0 Å². The second kappa shape index (κ2) is 7.67. The second-order valence-electron chi connectivity index (χ2n) is 9.94. The summed E-state index contributed by atoms with van der Waals surface area (Å²) < 4.78 is 0. The summed E-state index contributed by atoms with van der Waals surface area (Å²) in [4.78, 5) is 52.6. The summed E-state index contributed by atoms with van der Waals surface area (Å²) in [6, 6.07) is 15.0. The molecule has 2 heterocycles. The van der Waals surface area contributed by atoms with E-state index in [1.165, 1.54) is 24.1 Å². The average molecular weight is 525 g/mol. The molecule has 36 heavy (non-hydrogen) atoms. The number of hydrogen-bond acceptors (Lipinski definition) is 5. The first-order chi connectivity index (χ1) is 17.1. The van der Waals surface area contributed by atoms with E-state index in [-0.39, 0.29) is 24.0 Å². The molecule has 1 saturated carbocycles. The molecule has 0 aromatic heterocycles. The van der Waals surface area contributed by atoms with Gasteiger partial charge in [0.1, 0.15) is 5.75 Å². The van der Waals surface area contributed by atoms with Crippen molar-refractivity contribution >= 4 is 52.5 Å². The smallest absolute Gasteiger partial charge is 0.253 e. The predicted octanol–water partition coefficient (Wildman–Crippen LogP) is 3.59. The van der Waals surface area contributed by atoms with Crippen molar-refractivity contribution in [1.29, 1.82) is 0 Å². The van der Waals surface area contributed by atoms with Crippen LogP contribution in [0.15, 0.2) is 66.2 Å². The van der Waals surface area contributed by atoms with Gasteiger partial charge in [0, 0.05) is 13.0 Å². The fourth-order valence-corrected chi connectivity index (χ4v) is 7.64. The molecular weight excluding hydrogens is 503 g/mol. The van der Waals surface area contributed by atoms with Gasteiger partial charge in [-0.15, -0.1) is 23.2 Å². The first-order valence-electron chi connectivity index (χ1n) is 11.7. The summed E-state index contributed by atoms with van der Waals surface area (Å²) in [6.45, 7) is 0. The number of nitrogens with zero attached hydrogens (tertiary/aromatic N) is 2. The number of anilines is 1. The fraction of sp³-hybridized carbons (Fsp3) is 0.333. The Bertz CT molecular complexity index is 1360. The third kappa shape index (κ3) is 2.75. The maximum Gasteiger partial charge on any atom is 0.253 e. The maximum absolute atomic E-state index is 13.8. The van der Waals surface area contributed by atoms with Gasteiger partial charge in [-0.3, -0.25) is 29.0 Å². The number of carbonyl (C=O) groups excluding carboxylic acids is 4. The van der Waals surface area contributed by atoms with Crippen molar-refractivity contribution in [3.63, 3.8) is 0 Å². The SMILES string of the molecule is CN1C(=O)C2(Cl)CC3C(=CCC4C(=O)N(c5ccccc5)C(=O)C43)C(c3ccc(O)cc3)C2(Cl)C1=O. The van der Waals surface area contributed by atoms with E-state index in [0.29, 0.717) is 17.7 Å². The number of amides is 4. The molecule has 6 rings (SSSR count). The van der Waals surface area contributed by atoms with Crippen molar-refractivity contribution in [2.75, 3.05) is 11.9 Å². The van der Waals surface area contributed by atoms with Crippen LogP contribution >= 0.6 is 23.2 Å². The minimum absolute atomic E-state index is 0.0329. The Hall–Kier alpha value is -3.16. The molecule has 184 valence electrons. The molecule has 2 aromatic carbocycles. The molecular formula is C27H22Cl2N2O5. The van der Waals surface area contributed by atoms with E-state index in [9.17, 15) is 24.3 Å². The Balaban J connectivity index is 1.52. The number of hydrogen-bond donors (Lipinski definition) is 1. The Morgan fingerprint density at radius 2 is 1.56 bits per heavy atom. The lowest BCUT2D eigenvalue weighted by atomic mass is 9.56. The summed E-state index contributed by atoms with van der Waals surface area (Å²) in [7, 11) is 1.35. The normalized spacial score (nSPS) is 35.5. The molecule has 2 aromatic rings. The Morgan fingerprint density at radius 3 is 2.22 bits per heavy atom. The number of benzene rings is 2. The van der Waals surface area contributed by atoms with E-state index >= 15 is 0 Å². The third-order valence-corrected chi connectivity index (χ3v) is 9.67. The van der Waals surface area contributed by atoms with Gasteiger partial charge >= 0.3 is 0 Å². The zero-order chi connectivity index (χ0) is 25.6. The highest BCUT2D eigenvalue weighted by Gasteiger charge is 2.75. The highest BCUT2D eigenvalue weighted by Crippen LogP contribution is 2.65. The number of phenolic OH excluding ortho intramolecular Hbond substituents is 1. The number of allylic oxidation sites excluding steroid dienone is 2. The molecule has 2 saturated heterocycles. The number of fused-ring (bicyclic) bond motifs is 4. The van der Waals surface area contributed by atoms with Crippen LogP contribution < -0.4 is 4.90 Å². The molecule has 1 N–H and O–H groups in total.